The number of thiophene rings is 1. The summed E-state index contributed by atoms with van der Waals surface area (Å²) in [7, 11) is 0. The van der Waals surface area contributed by atoms with Gasteiger partial charge in [-0.3, -0.25) is 14.9 Å². The average Bonchev–Trinajstić information content (AvgIpc) is 3.48. The van der Waals surface area contributed by atoms with E-state index in [0.29, 0.717) is 20.7 Å². The number of nitrogens with zero attached hydrogens (tertiary/aromatic N) is 5. The highest BCUT2D eigenvalue weighted by Crippen LogP contribution is 2.40. The average molecular weight is 499 g/mol. The van der Waals surface area contributed by atoms with Crippen LogP contribution >= 0.6 is 34.3 Å². The fraction of sp³-hybridized carbons (Fsp3) is 0.143. The maximum Gasteiger partial charge on any atom is 0.287 e. The van der Waals surface area contributed by atoms with Gasteiger partial charge in [0.15, 0.2) is 5.82 Å². The van der Waals surface area contributed by atoms with E-state index >= 15 is 0 Å². The number of nitrogens with one attached hydrogen (secondary N) is 1. The molecule has 0 bridgehead atoms. The molecule has 0 aliphatic heterocycles. The van der Waals surface area contributed by atoms with Crippen molar-refractivity contribution in [3.63, 3.8) is 0 Å². The van der Waals surface area contributed by atoms with Crippen molar-refractivity contribution >= 4 is 66.6 Å². The highest BCUT2D eigenvalue weighted by Gasteiger charge is 2.23. The number of hydrogen-bond donors (Lipinski definition) is 1. The monoisotopic (exact) mass is 498 g/mol. The van der Waals surface area contributed by atoms with E-state index in [1.165, 1.54) is 17.4 Å². The van der Waals surface area contributed by atoms with Gasteiger partial charge in [-0.25, -0.2) is 0 Å². The molecule has 0 unspecified atom stereocenters. The van der Waals surface area contributed by atoms with E-state index in [-0.39, 0.29) is 15.6 Å². The van der Waals surface area contributed by atoms with Gasteiger partial charge >= 0.3 is 0 Å². The van der Waals surface area contributed by atoms with Crippen LogP contribution in [0.4, 0.5) is 11.4 Å². The molecule has 33 heavy (non-hydrogen) atoms. The fourth-order valence-electron chi connectivity index (χ4n) is 3.44. The van der Waals surface area contributed by atoms with Gasteiger partial charge in [-0.1, -0.05) is 54.1 Å². The Balaban J connectivity index is 1.45. The van der Waals surface area contributed by atoms with Crippen LogP contribution in [-0.2, 0) is 6.42 Å². The topological polar surface area (TPSA) is 115 Å². The maximum absolute atomic E-state index is 13.0. The number of fused-ring (bicyclic) bond motifs is 2. The lowest BCUT2D eigenvalue weighted by Crippen LogP contribution is -2.10. The zero-order valence-corrected chi connectivity index (χ0v) is 19.5. The number of hydrogen-bond acceptors (Lipinski definition) is 8. The van der Waals surface area contributed by atoms with Crippen LogP contribution in [0, 0.1) is 10.1 Å². The van der Waals surface area contributed by atoms with Crippen molar-refractivity contribution in [3.8, 4) is 10.6 Å². The first-order valence-electron chi connectivity index (χ1n) is 9.94. The smallest absolute Gasteiger partial charge is 0.287 e. The van der Waals surface area contributed by atoms with Crippen molar-refractivity contribution in [3.05, 3.63) is 68.3 Å². The van der Waals surface area contributed by atoms with Crippen molar-refractivity contribution < 1.29 is 9.72 Å². The van der Waals surface area contributed by atoms with Gasteiger partial charge in [0.2, 0.25) is 4.96 Å². The number of anilines is 1. The molecule has 0 fully saturated rings. The standard InChI is InChI=1S/C21H15ClN6O3S2/c1-2-5-15-24-25-21-27(15)26-20(33-21)11-6-3-7-12(10-11)23-19(29)18-16(22)13-8-4-9-14(28(30)31)17(13)32-18/h3-4,6-10H,2,5H2,1H3,(H,23,29). The van der Waals surface area contributed by atoms with Crippen LogP contribution in [0.5, 0.6) is 0 Å². The molecule has 0 aliphatic carbocycles. The minimum absolute atomic E-state index is 0.0776. The summed E-state index contributed by atoms with van der Waals surface area (Å²) in [6, 6.07) is 11.9. The van der Waals surface area contributed by atoms with Crippen molar-refractivity contribution in [1.82, 2.24) is 19.8 Å². The van der Waals surface area contributed by atoms with Crippen LogP contribution in [0.2, 0.25) is 5.02 Å². The first-order valence-corrected chi connectivity index (χ1v) is 12.0. The second kappa shape index (κ2) is 8.50. The fourth-order valence-corrected chi connectivity index (χ4v) is 5.78. The molecule has 0 spiro atoms. The number of nitro benzene ring substituents is 1. The Bertz CT molecular complexity index is 1540. The van der Waals surface area contributed by atoms with Crippen LogP contribution < -0.4 is 5.32 Å². The Morgan fingerprint density at radius 2 is 2.03 bits per heavy atom. The third-order valence-electron chi connectivity index (χ3n) is 4.93. The highest BCUT2D eigenvalue weighted by molar-refractivity contribution is 7.22. The molecule has 3 heterocycles. The summed E-state index contributed by atoms with van der Waals surface area (Å²) >= 11 is 8.81. The summed E-state index contributed by atoms with van der Waals surface area (Å²) in [6.07, 6.45) is 1.73. The van der Waals surface area contributed by atoms with Crippen molar-refractivity contribution in [1.29, 1.82) is 0 Å². The molecule has 0 saturated heterocycles. The van der Waals surface area contributed by atoms with E-state index in [4.69, 9.17) is 11.6 Å². The molecule has 0 atom stereocenters. The first kappa shape index (κ1) is 21.4. The van der Waals surface area contributed by atoms with Crippen molar-refractivity contribution in [2.45, 2.75) is 19.8 Å². The Hall–Kier alpha value is -3.41. The molecule has 0 radical (unpaired) electrons. The van der Waals surface area contributed by atoms with Gasteiger partial charge in [0.1, 0.15) is 14.6 Å². The lowest BCUT2D eigenvalue weighted by molar-refractivity contribution is -0.382. The molecule has 1 amide bonds. The van der Waals surface area contributed by atoms with Gasteiger partial charge in [0.25, 0.3) is 11.6 Å². The largest absolute Gasteiger partial charge is 0.321 e. The van der Waals surface area contributed by atoms with E-state index in [9.17, 15) is 14.9 Å². The predicted octanol–water partition coefficient (Wildman–Crippen LogP) is 5.83. The number of rotatable bonds is 6. The summed E-state index contributed by atoms with van der Waals surface area (Å²) in [4.78, 5) is 24.7. The molecule has 166 valence electrons. The number of carbonyl (C=O) groups excluding carboxylic acids is 1. The number of amides is 1. The van der Waals surface area contributed by atoms with Gasteiger partial charge in [-0.15, -0.1) is 21.5 Å². The van der Waals surface area contributed by atoms with Crippen LogP contribution in [0.15, 0.2) is 42.5 Å². The number of benzene rings is 2. The van der Waals surface area contributed by atoms with Crippen molar-refractivity contribution in [2.75, 3.05) is 5.32 Å². The molecule has 2 aromatic carbocycles. The summed E-state index contributed by atoms with van der Waals surface area (Å²) in [5, 5.41) is 28.6. The number of non-ortho nitro benzene ring substituents is 1. The van der Waals surface area contributed by atoms with Gasteiger partial charge < -0.3 is 5.32 Å². The van der Waals surface area contributed by atoms with Crippen LogP contribution in [0.3, 0.4) is 0 Å². The van der Waals surface area contributed by atoms with Crippen LogP contribution in [-0.4, -0.2) is 30.6 Å². The number of carbonyl (C=O) groups is 1. The summed E-state index contributed by atoms with van der Waals surface area (Å²) in [5.41, 5.74) is 1.30. The van der Waals surface area contributed by atoms with E-state index in [0.717, 1.165) is 40.6 Å². The van der Waals surface area contributed by atoms with Crippen LogP contribution in [0.1, 0.15) is 28.8 Å². The molecule has 5 rings (SSSR count). The molecular weight excluding hydrogens is 484 g/mol. The number of halogens is 1. The van der Waals surface area contributed by atoms with Gasteiger partial charge in [0.05, 0.1) is 9.95 Å². The number of aromatic nitrogens is 4. The number of aryl methyl sites for hydroxylation is 1. The Kier molecular flexibility index (Phi) is 5.52. The maximum atomic E-state index is 13.0. The van der Waals surface area contributed by atoms with Gasteiger partial charge in [-0.05, 0) is 18.6 Å². The molecule has 3 aromatic heterocycles. The molecule has 1 N–H and O–H groups in total. The highest BCUT2D eigenvalue weighted by atomic mass is 35.5. The Morgan fingerprint density at radius 1 is 1.21 bits per heavy atom. The third-order valence-corrected chi connectivity index (χ3v) is 7.61. The molecule has 9 nitrogen and oxygen atoms in total. The Morgan fingerprint density at radius 3 is 2.82 bits per heavy atom. The van der Waals surface area contributed by atoms with Gasteiger partial charge in [-0.2, -0.15) is 9.61 Å². The second-order valence-corrected chi connectivity index (χ2v) is 9.51. The quantitative estimate of drug-likeness (QED) is 0.232. The third kappa shape index (κ3) is 3.84. The molecular formula is C21H15ClN6O3S2. The van der Waals surface area contributed by atoms with Crippen LogP contribution in [0.25, 0.3) is 25.6 Å². The second-order valence-electron chi connectivity index (χ2n) is 7.16. The Labute approximate surface area is 199 Å². The molecule has 0 saturated carbocycles. The van der Waals surface area contributed by atoms with Crippen molar-refractivity contribution in [2.24, 2.45) is 0 Å². The summed E-state index contributed by atoms with van der Waals surface area (Å²) < 4.78 is 2.12. The molecule has 0 aliphatic rings. The first-order chi connectivity index (χ1) is 16.0. The van der Waals surface area contributed by atoms with Gasteiger partial charge in [0, 0.05) is 29.1 Å². The lowest BCUT2D eigenvalue weighted by atomic mass is 10.2. The van der Waals surface area contributed by atoms with E-state index in [1.807, 2.05) is 18.2 Å². The summed E-state index contributed by atoms with van der Waals surface area (Å²) in [5.74, 6) is 0.379. The zero-order valence-electron chi connectivity index (χ0n) is 17.1. The zero-order chi connectivity index (χ0) is 23.1. The lowest BCUT2D eigenvalue weighted by Gasteiger charge is -2.05. The SMILES string of the molecule is CCCc1nnc2sc(-c3cccc(NC(=O)c4sc5c([N+](=O)[O-])cccc5c4Cl)c3)nn12. The van der Waals surface area contributed by atoms with E-state index in [1.54, 1.807) is 22.7 Å². The summed E-state index contributed by atoms with van der Waals surface area (Å²) in [6.45, 7) is 2.07. The minimum atomic E-state index is -0.480. The number of nitro groups is 1. The van der Waals surface area contributed by atoms with E-state index < -0.39 is 10.8 Å². The predicted molar refractivity (Wildman–Crippen MR) is 130 cm³/mol. The minimum Gasteiger partial charge on any atom is -0.321 e. The molecule has 5 aromatic rings. The molecule has 12 heteroatoms. The normalized spacial score (nSPS) is 11.3. The van der Waals surface area contributed by atoms with E-state index in [2.05, 4.69) is 27.5 Å².